The van der Waals surface area contributed by atoms with Crippen molar-refractivity contribution in [3.05, 3.63) is 28.8 Å². The first-order valence-electron chi connectivity index (χ1n) is 5.88. The van der Waals surface area contributed by atoms with E-state index in [9.17, 15) is 4.79 Å². The Balaban J connectivity index is 1.94. The number of ether oxygens (including phenoxy) is 1. The van der Waals surface area contributed by atoms with Crippen LogP contribution in [0.15, 0.2) is 18.2 Å². The zero-order valence-corrected chi connectivity index (χ0v) is 10.4. The Hall–Kier alpha value is -1.22. The average molecular weight is 254 g/mol. The molecular weight excluding hydrogens is 238 g/mol. The second-order valence-corrected chi connectivity index (χ2v) is 4.96. The predicted octanol–water partition coefficient (Wildman–Crippen LogP) is 3.27. The molecular formula is C13H16ClNO2. The molecule has 1 aliphatic rings. The zero-order valence-electron chi connectivity index (χ0n) is 9.62. The number of nitrogen functional groups attached to an aromatic ring is 1. The van der Waals surface area contributed by atoms with Crippen molar-refractivity contribution in [2.24, 2.45) is 5.92 Å². The fraction of sp³-hybridized carbons (Fsp3) is 0.462. The fourth-order valence-electron chi connectivity index (χ4n) is 2.18. The molecule has 0 heterocycles. The van der Waals surface area contributed by atoms with Crippen molar-refractivity contribution in [3.63, 3.8) is 0 Å². The first kappa shape index (κ1) is 12.2. The number of esters is 1. The number of halogens is 1. The summed E-state index contributed by atoms with van der Waals surface area (Å²) in [5, 5.41) is 0.456. The van der Waals surface area contributed by atoms with Crippen LogP contribution >= 0.6 is 11.6 Å². The van der Waals surface area contributed by atoms with Gasteiger partial charge < -0.3 is 10.5 Å². The Bertz CT molecular complexity index is 394. The second kappa shape index (κ2) is 5.41. The molecule has 92 valence electrons. The second-order valence-electron chi connectivity index (χ2n) is 4.52. The highest BCUT2D eigenvalue weighted by Gasteiger charge is 2.17. The van der Waals surface area contributed by atoms with E-state index in [2.05, 4.69) is 0 Å². The van der Waals surface area contributed by atoms with Gasteiger partial charge in [-0.1, -0.05) is 24.4 Å². The van der Waals surface area contributed by atoms with Crippen LogP contribution in [-0.2, 0) is 4.74 Å². The number of hydrogen-bond donors (Lipinski definition) is 1. The van der Waals surface area contributed by atoms with E-state index >= 15 is 0 Å². The Morgan fingerprint density at radius 1 is 1.35 bits per heavy atom. The number of benzene rings is 1. The summed E-state index contributed by atoms with van der Waals surface area (Å²) in [6.07, 6.45) is 4.80. The van der Waals surface area contributed by atoms with Gasteiger partial charge in [-0.15, -0.1) is 0 Å². The van der Waals surface area contributed by atoms with E-state index in [0.717, 1.165) is 12.8 Å². The molecule has 17 heavy (non-hydrogen) atoms. The quantitative estimate of drug-likeness (QED) is 0.664. The van der Waals surface area contributed by atoms with Crippen LogP contribution in [0.5, 0.6) is 0 Å². The van der Waals surface area contributed by atoms with Crippen molar-refractivity contribution >= 4 is 23.3 Å². The van der Waals surface area contributed by atoms with Crippen LogP contribution < -0.4 is 5.73 Å². The summed E-state index contributed by atoms with van der Waals surface area (Å²) < 4.78 is 5.27. The van der Waals surface area contributed by atoms with Crippen LogP contribution in [-0.4, -0.2) is 12.6 Å². The molecule has 2 N–H and O–H groups in total. The maximum atomic E-state index is 11.8. The fourth-order valence-corrected chi connectivity index (χ4v) is 2.43. The molecule has 0 aliphatic heterocycles. The lowest BCUT2D eigenvalue weighted by molar-refractivity contribution is 0.0442. The molecule has 0 amide bonds. The van der Waals surface area contributed by atoms with Crippen LogP contribution in [0.25, 0.3) is 0 Å². The van der Waals surface area contributed by atoms with E-state index in [-0.39, 0.29) is 5.97 Å². The highest BCUT2D eigenvalue weighted by Crippen LogP contribution is 2.25. The van der Waals surface area contributed by atoms with E-state index in [0.29, 0.717) is 28.8 Å². The molecule has 1 aromatic carbocycles. The molecule has 0 spiro atoms. The summed E-state index contributed by atoms with van der Waals surface area (Å²) in [6, 6.07) is 4.77. The Kier molecular flexibility index (Phi) is 3.89. The highest BCUT2D eigenvalue weighted by molar-refractivity contribution is 6.31. The van der Waals surface area contributed by atoms with Crippen LogP contribution in [0.4, 0.5) is 5.69 Å². The van der Waals surface area contributed by atoms with Crippen molar-refractivity contribution in [2.75, 3.05) is 12.3 Å². The van der Waals surface area contributed by atoms with Crippen LogP contribution in [0.3, 0.4) is 0 Å². The van der Waals surface area contributed by atoms with Gasteiger partial charge in [0, 0.05) is 10.7 Å². The van der Waals surface area contributed by atoms with Gasteiger partial charge in [-0.25, -0.2) is 4.79 Å². The molecule has 1 saturated carbocycles. The van der Waals surface area contributed by atoms with Gasteiger partial charge in [-0.3, -0.25) is 0 Å². The van der Waals surface area contributed by atoms with E-state index in [1.165, 1.54) is 12.8 Å². The van der Waals surface area contributed by atoms with Crippen molar-refractivity contribution in [1.82, 2.24) is 0 Å². The topological polar surface area (TPSA) is 52.3 Å². The summed E-state index contributed by atoms with van der Waals surface area (Å²) in [5.74, 6) is 0.182. The minimum absolute atomic E-state index is 0.342. The number of carbonyl (C=O) groups is 1. The van der Waals surface area contributed by atoms with Crippen molar-refractivity contribution < 1.29 is 9.53 Å². The molecule has 0 aromatic heterocycles. The monoisotopic (exact) mass is 253 g/mol. The summed E-state index contributed by atoms with van der Waals surface area (Å²) in [4.78, 5) is 11.8. The lowest BCUT2D eigenvalue weighted by Crippen LogP contribution is -2.12. The van der Waals surface area contributed by atoms with Gasteiger partial charge in [0.05, 0.1) is 12.2 Å². The third-order valence-electron chi connectivity index (χ3n) is 3.08. The normalized spacial score (nSPS) is 16.1. The number of carbonyl (C=O) groups excluding carboxylic acids is 1. The minimum Gasteiger partial charge on any atom is -0.462 e. The molecule has 0 radical (unpaired) electrons. The van der Waals surface area contributed by atoms with Crippen molar-refractivity contribution in [1.29, 1.82) is 0 Å². The number of rotatable bonds is 3. The van der Waals surface area contributed by atoms with Crippen molar-refractivity contribution in [3.8, 4) is 0 Å². The Labute approximate surface area is 106 Å². The maximum Gasteiger partial charge on any atom is 0.338 e. The predicted molar refractivity (Wildman–Crippen MR) is 68.1 cm³/mol. The summed E-state index contributed by atoms with van der Waals surface area (Å²) in [5.41, 5.74) is 6.52. The minimum atomic E-state index is -0.342. The SMILES string of the molecule is Nc1cc(Cl)cc(C(=O)OCC2CCCC2)c1. The summed E-state index contributed by atoms with van der Waals surface area (Å²) in [7, 11) is 0. The van der Waals surface area contributed by atoms with E-state index in [1.807, 2.05) is 0 Å². The van der Waals surface area contributed by atoms with Crippen LogP contribution in [0, 0.1) is 5.92 Å². The third-order valence-corrected chi connectivity index (χ3v) is 3.30. The molecule has 0 bridgehead atoms. The molecule has 2 rings (SSSR count). The van der Waals surface area contributed by atoms with Gasteiger partial charge >= 0.3 is 5.97 Å². The van der Waals surface area contributed by atoms with Gasteiger partial charge in [0.25, 0.3) is 0 Å². The molecule has 0 atom stereocenters. The van der Waals surface area contributed by atoms with E-state index < -0.39 is 0 Å². The molecule has 0 saturated heterocycles. The largest absolute Gasteiger partial charge is 0.462 e. The van der Waals surface area contributed by atoms with E-state index in [1.54, 1.807) is 18.2 Å². The van der Waals surface area contributed by atoms with Gasteiger partial charge in [0.15, 0.2) is 0 Å². The van der Waals surface area contributed by atoms with Gasteiger partial charge in [-0.05, 0) is 37.0 Å². The Morgan fingerprint density at radius 2 is 2.06 bits per heavy atom. The van der Waals surface area contributed by atoms with Crippen LogP contribution in [0.2, 0.25) is 5.02 Å². The number of hydrogen-bond acceptors (Lipinski definition) is 3. The van der Waals surface area contributed by atoms with Crippen molar-refractivity contribution in [2.45, 2.75) is 25.7 Å². The van der Waals surface area contributed by atoms with Gasteiger partial charge in [0.2, 0.25) is 0 Å². The highest BCUT2D eigenvalue weighted by atomic mass is 35.5. The molecule has 1 fully saturated rings. The first-order chi connectivity index (χ1) is 8.15. The molecule has 0 unspecified atom stereocenters. The average Bonchev–Trinajstić information content (AvgIpc) is 2.77. The Morgan fingerprint density at radius 3 is 2.71 bits per heavy atom. The first-order valence-corrected chi connectivity index (χ1v) is 6.26. The smallest absolute Gasteiger partial charge is 0.338 e. The zero-order chi connectivity index (χ0) is 12.3. The number of anilines is 1. The summed E-state index contributed by atoms with van der Waals surface area (Å²) in [6.45, 7) is 0.505. The molecule has 4 heteroatoms. The van der Waals surface area contributed by atoms with E-state index in [4.69, 9.17) is 22.1 Å². The molecule has 1 aliphatic carbocycles. The summed E-state index contributed by atoms with van der Waals surface area (Å²) >= 11 is 5.83. The van der Waals surface area contributed by atoms with Crippen LogP contribution in [0.1, 0.15) is 36.0 Å². The number of nitrogens with two attached hydrogens (primary N) is 1. The molecule has 3 nitrogen and oxygen atoms in total. The lowest BCUT2D eigenvalue weighted by Gasteiger charge is -2.10. The third kappa shape index (κ3) is 3.37. The lowest BCUT2D eigenvalue weighted by atomic mass is 10.1. The van der Waals surface area contributed by atoms with Gasteiger partial charge in [-0.2, -0.15) is 0 Å². The van der Waals surface area contributed by atoms with Gasteiger partial charge in [0.1, 0.15) is 0 Å². The maximum absolute atomic E-state index is 11.8. The molecule has 1 aromatic rings. The standard InChI is InChI=1S/C13H16ClNO2/c14-11-5-10(6-12(15)7-11)13(16)17-8-9-3-1-2-4-9/h5-7,9H,1-4,8,15H2.